The van der Waals surface area contributed by atoms with Crippen molar-refractivity contribution in [3.8, 4) is 6.07 Å². The Bertz CT molecular complexity index is 868. The van der Waals surface area contributed by atoms with Crippen LogP contribution in [0.4, 0.5) is 5.82 Å². The maximum atomic E-state index is 11.9. The molecular formula is C13H13N5O4. The smallest absolute Gasteiger partial charge is 0.330 e. The molecule has 2 rings (SSSR count). The van der Waals surface area contributed by atoms with Crippen molar-refractivity contribution >= 4 is 11.7 Å². The van der Waals surface area contributed by atoms with Crippen molar-refractivity contribution < 1.29 is 9.32 Å². The molecule has 0 aliphatic rings. The zero-order valence-electron chi connectivity index (χ0n) is 12.0. The first-order valence-corrected chi connectivity index (χ1v) is 6.36. The van der Waals surface area contributed by atoms with Gasteiger partial charge in [0.05, 0.1) is 0 Å². The minimum absolute atomic E-state index is 0.115. The molecule has 0 fully saturated rings. The molecule has 0 atom stereocenters. The van der Waals surface area contributed by atoms with Gasteiger partial charge in [-0.05, 0) is 6.92 Å². The summed E-state index contributed by atoms with van der Waals surface area (Å²) in [5.74, 6) is 0.375. The van der Waals surface area contributed by atoms with Gasteiger partial charge >= 0.3 is 5.69 Å². The summed E-state index contributed by atoms with van der Waals surface area (Å²) in [6.45, 7) is 1.54. The number of carbonyl (C=O) groups excluding carboxylic acids is 1. The number of nitrogens with zero attached hydrogens (tertiary/aromatic N) is 4. The van der Waals surface area contributed by atoms with Gasteiger partial charge in [0.15, 0.2) is 5.82 Å². The van der Waals surface area contributed by atoms with Crippen molar-refractivity contribution in [1.82, 2.24) is 14.3 Å². The Balaban J connectivity index is 2.13. The summed E-state index contributed by atoms with van der Waals surface area (Å²) in [6.07, 6.45) is 1.05. The first-order chi connectivity index (χ1) is 10.4. The largest absolute Gasteiger partial charge is 0.360 e. The van der Waals surface area contributed by atoms with E-state index in [9.17, 15) is 14.4 Å². The van der Waals surface area contributed by atoms with E-state index in [4.69, 9.17) is 9.78 Å². The molecule has 0 bridgehead atoms. The van der Waals surface area contributed by atoms with E-state index in [-0.39, 0.29) is 24.3 Å². The van der Waals surface area contributed by atoms with Crippen molar-refractivity contribution in [3.05, 3.63) is 44.4 Å². The van der Waals surface area contributed by atoms with Crippen LogP contribution in [-0.4, -0.2) is 20.2 Å². The van der Waals surface area contributed by atoms with Gasteiger partial charge in [0.1, 0.15) is 17.4 Å². The number of carbonyl (C=O) groups is 1. The van der Waals surface area contributed by atoms with Crippen molar-refractivity contribution in [1.29, 1.82) is 5.26 Å². The van der Waals surface area contributed by atoms with Crippen LogP contribution in [0.5, 0.6) is 0 Å². The van der Waals surface area contributed by atoms with Crippen LogP contribution in [-0.2, 0) is 18.4 Å². The van der Waals surface area contributed by atoms with Crippen LogP contribution in [0.15, 0.2) is 26.4 Å². The van der Waals surface area contributed by atoms with Gasteiger partial charge in [0.25, 0.3) is 5.56 Å². The van der Waals surface area contributed by atoms with Crippen molar-refractivity contribution in [2.75, 3.05) is 5.32 Å². The molecule has 9 nitrogen and oxygen atoms in total. The minimum Gasteiger partial charge on any atom is -0.360 e. The van der Waals surface area contributed by atoms with Gasteiger partial charge in [-0.25, -0.2) is 4.79 Å². The fourth-order valence-corrected chi connectivity index (χ4v) is 1.84. The molecule has 0 unspecified atom stereocenters. The van der Waals surface area contributed by atoms with Crippen LogP contribution < -0.4 is 16.6 Å². The number of aromatic nitrogens is 3. The van der Waals surface area contributed by atoms with Gasteiger partial charge in [-0.2, -0.15) is 5.26 Å². The Morgan fingerprint density at radius 2 is 2.23 bits per heavy atom. The second-order valence-corrected chi connectivity index (χ2v) is 4.63. The molecule has 2 aromatic heterocycles. The van der Waals surface area contributed by atoms with E-state index in [1.54, 1.807) is 19.1 Å². The maximum absolute atomic E-state index is 11.9. The molecule has 0 spiro atoms. The molecule has 0 aliphatic carbocycles. The highest BCUT2D eigenvalue weighted by Gasteiger charge is 2.12. The van der Waals surface area contributed by atoms with Crippen molar-refractivity contribution in [2.24, 2.45) is 7.05 Å². The lowest BCUT2D eigenvalue weighted by Gasteiger charge is -2.07. The van der Waals surface area contributed by atoms with E-state index >= 15 is 0 Å². The number of nitriles is 1. The predicted molar refractivity (Wildman–Crippen MR) is 75.1 cm³/mol. The van der Waals surface area contributed by atoms with Gasteiger partial charge in [-0.3, -0.25) is 14.2 Å². The van der Waals surface area contributed by atoms with E-state index in [0.29, 0.717) is 5.76 Å². The van der Waals surface area contributed by atoms with Gasteiger partial charge in [-0.15, -0.1) is 0 Å². The highest BCUT2D eigenvalue weighted by Crippen LogP contribution is 2.07. The van der Waals surface area contributed by atoms with Crippen LogP contribution in [0, 0.1) is 18.3 Å². The fraction of sp³-hybridized carbons (Fsp3) is 0.308. The van der Waals surface area contributed by atoms with Gasteiger partial charge < -0.3 is 14.4 Å². The molecule has 0 radical (unpaired) electrons. The first kappa shape index (κ1) is 15.2. The Labute approximate surface area is 124 Å². The average Bonchev–Trinajstić information content (AvgIpc) is 2.88. The quantitative estimate of drug-likeness (QED) is 0.830. The Morgan fingerprint density at radius 3 is 2.82 bits per heavy atom. The first-order valence-electron chi connectivity index (χ1n) is 6.36. The van der Waals surface area contributed by atoms with Crippen LogP contribution >= 0.6 is 0 Å². The molecule has 1 N–H and O–H groups in total. The van der Waals surface area contributed by atoms with Crippen LogP contribution in [0.3, 0.4) is 0 Å². The average molecular weight is 303 g/mol. The Hall–Kier alpha value is -3.15. The van der Waals surface area contributed by atoms with E-state index in [1.165, 1.54) is 13.2 Å². The number of hydrogen-bond acceptors (Lipinski definition) is 6. The number of anilines is 1. The SMILES string of the molecule is Cc1cc(NC(=O)CCn2c(=O)c(C#N)cn(C)c2=O)no1. The molecule has 0 saturated heterocycles. The standard InChI is InChI=1S/C13H13N5O4/c1-8-5-10(16-22-8)15-11(19)3-4-18-12(20)9(6-14)7-17(2)13(18)21/h5,7H,3-4H2,1-2H3,(H,15,16,19). The number of rotatable bonds is 4. The molecule has 0 saturated carbocycles. The van der Waals surface area contributed by atoms with Crippen molar-refractivity contribution in [2.45, 2.75) is 19.9 Å². The second kappa shape index (κ2) is 6.09. The number of hydrogen-bond donors (Lipinski definition) is 1. The summed E-state index contributed by atoms with van der Waals surface area (Å²) < 4.78 is 6.78. The van der Waals surface area contributed by atoms with Crippen LogP contribution in [0.2, 0.25) is 0 Å². The summed E-state index contributed by atoms with van der Waals surface area (Å²) in [5, 5.41) is 14.9. The van der Waals surface area contributed by atoms with Gasteiger partial charge in [0, 0.05) is 32.3 Å². The molecule has 9 heteroatoms. The molecule has 114 valence electrons. The molecule has 0 aromatic carbocycles. The Kier molecular flexibility index (Phi) is 4.22. The lowest BCUT2D eigenvalue weighted by molar-refractivity contribution is -0.116. The molecule has 22 heavy (non-hydrogen) atoms. The molecular weight excluding hydrogens is 290 g/mol. The van der Waals surface area contributed by atoms with E-state index in [2.05, 4.69) is 10.5 Å². The zero-order valence-corrected chi connectivity index (χ0v) is 12.0. The monoisotopic (exact) mass is 303 g/mol. The molecule has 1 amide bonds. The topological polar surface area (TPSA) is 123 Å². The molecule has 2 aromatic rings. The lowest BCUT2D eigenvalue weighted by Crippen LogP contribution is -2.40. The van der Waals surface area contributed by atoms with Crippen LogP contribution in [0.1, 0.15) is 17.7 Å². The predicted octanol–water partition coefficient (Wildman–Crippen LogP) is -0.256. The normalized spacial score (nSPS) is 10.2. The third kappa shape index (κ3) is 3.12. The highest BCUT2D eigenvalue weighted by molar-refractivity contribution is 5.89. The molecule has 0 aliphatic heterocycles. The lowest BCUT2D eigenvalue weighted by atomic mass is 10.3. The second-order valence-electron chi connectivity index (χ2n) is 4.63. The van der Waals surface area contributed by atoms with Crippen molar-refractivity contribution in [3.63, 3.8) is 0 Å². The minimum atomic E-state index is -0.712. The summed E-state index contributed by atoms with van der Waals surface area (Å²) in [5.41, 5.74) is -1.46. The highest BCUT2D eigenvalue weighted by atomic mass is 16.5. The third-order valence-electron chi connectivity index (χ3n) is 2.91. The van der Waals surface area contributed by atoms with Gasteiger partial charge in [0.2, 0.25) is 5.91 Å². The summed E-state index contributed by atoms with van der Waals surface area (Å²) >= 11 is 0. The van der Waals surface area contributed by atoms with E-state index < -0.39 is 17.2 Å². The number of amides is 1. The fourth-order valence-electron chi connectivity index (χ4n) is 1.84. The van der Waals surface area contributed by atoms with Gasteiger partial charge in [-0.1, -0.05) is 5.16 Å². The Morgan fingerprint density at radius 1 is 1.50 bits per heavy atom. The molecule has 2 heterocycles. The number of aryl methyl sites for hydroxylation is 2. The summed E-state index contributed by atoms with van der Waals surface area (Å²) in [6, 6.07) is 3.26. The summed E-state index contributed by atoms with van der Waals surface area (Å²) in [4.78, 5) is 35.6. The zero-order chi connectivity index (χ0) is 16.3. The van der Waals surface area contributed by atoms with Crippen LogP contribution in [0.25, 0.3) is 0 Å². The van der Waals surface area contributed by atoms with E-state index in [1.807, 2.05) is 0 Å². The maximum Gasteiger partial charge on any atom is 0.330 e. The number of nitrogens with one attached hydrogen (secondary N) is 1. The third-order valence-corrected chi connectivity index (χ3v) is 2.91. The summed E-state index contributed by atoms with van der Waals surface area (Å²) in [7, 11) is 1.43. The van der Waals surface area contributed by atoms with E-state index in [0.717, 1.165) is 9.13 Å².